The Morgan fingerprint density at radius 3 is 2.64 bits per heavy atom. The number of aryl methyl sites for hydroxylation is 1. The number of imidazole rings is 1. The van der Waals surface area contributed by atoms with Gasteiger partial charge in [0.2, 0.25) is 0 Å². The molecule has 7 nitrogen and oxygen atoms in total. The molecule has 0 atom stereocenters. The average Bonchev–Trinajstić information content (AvgIpc) is 3.88. The summed E-state index contributed by atoms with van der Waals surface area (Å²) in [5.41, 5.74) is 5.92. The Morgan fingerprint density at radius 1 is 0.864 bits per heavy atom. The second-order valence-electron chi connectivity index (χ2n) is 10.5. The zero-order valence-electron chi connectivity index (χ0n) is 28.3. The van der Waals surface area contributed by atoms with E-state index in [-0.39, 0.29) is 29.7 Å². The normalized spacial score (nSPS) is 13.3. The van der Waals surface area contributed by atoms with Gasteiger partial charge in [-0.3, -0.25) is 13.4 Å². The van der Waals surface area contributed by atoms with Gasteiger partial charge in [-0.05, 0) is 60.0 Å². The Bertz CT molecular complexity index is 2770. The molecule has 0 saturated heterocycles. The van der Waals surface area contributed by atoms with Gasteiger partial charge in [-0.1, -0.05) is 60.5 Å². The fraction of sp³-hybridized carbons (Fsp3) is 0.0270. The molecule has 0 amide bonds. The van der Waals surface area contributed by atoms with E-state index in [9.17, 15) is 0 Å². The van der Waals surface area contributed by atoms with Crippen LogP contribution in [0.3, 0.4) is 0 Å². The van der Waals surface area contributed by atoms with Crippen LogP contribution in [0.4, 0.5) is 0 Å². The molecule has 0 saturated carbocycles. The second-order valence-corrected chi connectivity index (χ2v) is 10.5. The van der Waals surface area contributed by atoms with E-state index < -0.39 is 6.04 Å². The fourth-order valence-corrected chi connectivity index (χ4v) is 5.81. The lowest BCUT2D eigenvalue weighted by Gasteiger charge is -2.12. The number of hydrogen-bond donors (Lipinski definition) is 0. The number of pyridine rings is 1. The van der Waals surface area contributed by atoms with Crippen LogP contribution in [0, 0.1) is 13.3 Å². The summed E-state index contributed by atoms with van der Waals surface area (Å²) in [6.07, 6.45) is 9.80. The van der Waals surface area contributed by atoms with Gasteiger partial charge in [-0.15, -0.1) is 0 Å². The lowest BCUT2D eigenvalue weighted by molar-refractivity contribution is -0.517. The topological polar surface area (TPSA) is 61.8 Å². The molecule has 5 aromatic heterocycles. The molecular formula is C37H24N4O3. The van der Waals surface area contributed by atoms with E-state index in [4.69, 9.17) is 25.4 Å². The molecule has 0 bridgehead atoms. The summed E-state index contributed by atoms with van der Waals surface area (Å²) in [6.45, 7) is 1.85. The van der Waals surface area contributed by atoms with Crippen molar-refractivity contribution >= 4 is 33.2 Å². The van der Waals surface area contributed by atoms with E-state index in [0.717, 1.165) is 38.6 Å². The highest BCUT2D eigenvalue weighted by Gasteiger charge is 2.18. The summed E-state index contributed by atoms with van der Waals surface area (Å²) in [5, 5.41) is 2.05. The van der Waals surface area contributed by atoms with E-state index in [0.29, 0.717) is 34.3 Å². The first-order valence-corrected chi connectivity index (χ1v) is 13.9. The van der Waals surface area contributed by atoms with Gasteiger partial charge in [0.15, 0.2) is 0 Å². The van der Waals surface area contributed by atoms with E-state index in [1.165, 1.54) is 0 Å². The van der Waals surface area contributed by atoms with Gasteiger partial charge in [0, 0.05) is 28.6 Å². The van der Waals surface area contributed by atoms with E-state index >= 15 is 0 Å². The summed E-state index contributed by atoms with van der Waals surface area (Å²) in [7, 11) is 0. The van der Waals surface area contributed by atoms with Crippen LogP contribution >= 0.6 is 0 Å². The number of fused-ring (bicyclic) bond motifs is 6. The molecule has 9 aromatic rings. The van der Waals surface area contributed by atoms with Crippen molar-refractivity contribution in [3.63, 3.8) is 0 Å². The molecule has 7 heteroatoms. The lowest BCUT2D eigenvalue weighted by Crippen LogP contribution is -2.13. The highest BCUT2D eigenvalue weighted by Crippen LogP contribution is 2.36. The quantitative estimate of drug-likeness (QED) is 0.152. The molecule has 0 unspecified atom stereocenters. The van der Waals surface area contributed by atoms with Crippen molar-refractivity contribution in [2.45, 2.75) is 6.92 Å². The molecule has 5 heterocycles. The van der Waals surface area contributed by atoms with Gasteiger partial charge in [0.1, 0.15) is 23.0 Å². The van der Waals surface area contributed by atoms with Crippen LogP contribution in [-0.2, 0) is 0 Å². The fourth-order valence-electron chi connectivity index (χ4n) is 5.81. The van der Waals surface area contributed by atoms with Gasteiger partial charge < -0.3 is 13.6 Å². The summed E-state index contributed by atoms with van der Waals surface area (Å²) in [6, 6.07) is 21.9. The first kappa shape index (κ1) is 19.9. The minimum Gasteiger partial charge on any atom is -0.470 e. The number of aromatic nitrogens is 4. The van der Waals surface area contributed by atoms with Crippen molar-refractivity contribution in [1.29, 1.82) is 0 Å². The molecule has 0 N–H and O–H groups in total. The highest BCUT2D eigenvalue weighted by atomic mass is 16.5. The highest BCUT2D eigenvalue weighted by molar-refractivity contribution is 6.09. The standard InChI is InChI=1S/C37H24N4O3/c1-24-18-35(38-21-31(24)25-8-3-2-4-9-25)41-32-13-6-5-12-29(32)30-15-14-28(20-33(30)41)44-27-11-7-10-26(19-27)34-22-43-37-36-39(16-17-42-36)23-40(34)37/h2-22H,1H3/i2D,3D,4D,8D,9D. The van der Waals surface area contributed by atoms with Crippen LogP contribution in [0.25, 0.3) is 61.4 Å². The van der Waals surface area contributed by atoms with Gasteiger partial charge >= 0.3 is 0 Å². The monoisotopic (exact) mass is 577 g/mol. The maximum atomic E-state index is 8.47. The largest absolute Gasteiger partial charge is 0.470 e. The number of nitrogens with zero attached hydrogens (tertiary/aromatic N) is 4. The predicted molar refractivity (Wildman–Crippen MR) is 168 cm³/mol. The predicted octanol–water partition coefficient (Wildman–Crippen LogP) is 8.59. The molecule has 0 spiro atoms. The van der Waals surface area contributed by atoms with Crippen LogP contribution in [-0.4, -0.2) is 14.0 Å². The molecule has 0 radical (unpaired) electrons. The molecule has 4 aromatic carbocycles. The third-order valence-electron chi connectivity index (χ3n) is 7.83. The Balaban J connectivity index is 1.13. The first-order valence-electron chi connectivity index (χ1n) is 16.4. The number of oxazole rings is 2. The second kappa shape index (κ2) is 9.47. The molecule has 9 rings (SSSR count). The third kappa shape index (κ3) is 3.76. The molecule has 0 aliphatic carbocycles. The van der Waals surface area contributed by atoms with Crippen molar-refractivity contribution in [2.75, 3.05) is 0 Å². The zero-order valence-corrected chi connectivity index (χ0v) is 23.3. The van der Waals surface area contributed by atoms with Crippen LogP contribution in [0.1, 0.15) is 12.4 Å². The maximum Gasteiger partial charge on any atom is 0.279 e. The number of benzene rings is 4. The van der Waals surface area contributed by atoms with Gasteiger partial charge in [0.25, 0.3) is 17.8 Å². The summed E-state index contributed by atoms with van der Waals surface area (Å²) in [5.74, 6) is 1.88. The summed E-state index contributed by atoms with van der Waals surface area (Å²) >= 11 is 0. The third-order valence-corrected chi connectivity index (χ3v) is 7.83. The smallest absolute Gasteiger partial charge is 0.279 e. The minimum atomic E-state index is -0.427. The van der Waals surface area contributed by atoms with Crippen molar-refractivity contribution in [2.24, 2.45) is 0 Å². The minimum absolute atomic E-state index is 0.126. The van der Waals surface area contributed by atoms with Crippen LogP contribution < -0.4 is 9.14 Å². The van der Waals surface area contributed by atoms with Gasteiger partial charge in [-0.2, -0.15) is 0 Å². The van der Waals surface area contributed by atoms with Crippen molar-refractivity contribution < 1.29 is 24.8 Å². The number of para-hydroxylation sites is 1. The van der Waals surface area contributed by atoms with E-state index in [1.54, 1.807) is 33.7 Å². The Morgan fingerprint density at radius 2 is 1.73 bits per heavy atom. The Labute approximate surface area is 258 Å². The van der Waals surface area contributed by atoms with Crippen LogP contribution in [0.5, 0.6) is 11.5 Å². The molecule has 44 heavy (non-hydrogen) atoms. The van der Waals surface area contributed by atoms with Crippen LogP contribution in [0.2, 0.25) is 0 Å². The zero-order chi connectivity index (χ0) is 33.6. The van der Waals surface area contributed by atoms with E-state index in [1.807, 2.05) is 78.2 Å². The molecule has 0 fully saturated rings. The van der Waals surface area contributed by atoms with Gasteiger partial charge in [0.05, 0.1) is 36.6 Å². The molecule has 0 aliphatic rings. The van der Waals surface area contributed by atoms with Crippen molar-refractivity contribution in [3.05, 3.63) is 140 Å². The first-order chi connectivity index (χ1) is 23.8. The van der Waals surface area contributed by atoms with E-state index in [2.05, 4.69) is 12.4 Å². The molecule has 0 aliphatic heterocycles. The maximum absolute atomic E-state index is 8.47. The van der Waals surface area contributed by atoms with Gasteiger partial charge in [-0.25, -0.2) is 4.98 Å². The van der Waals surface area contributed by atoms with Crippen molar-refractivity contribution in [3.8, 4) is 39.7 Å². The Hall–Kier alpha value is -6.08. The van der Waals surface area contributed by atoms with Crippen molar-refractivity contribution in [1.82, 2.24) is 14.0 Å². The summed E-state index contributed by atoms with van der Waals surface area (Å²) in [4.78, 5) is 4.78. The number of hydrogen-bond acceptors (Lipinski definition) is 4. The summed E-state index contributed by atoms with van der Waals surface area (Å²) < 4.78 is 64.5. The Kier molecular flexibility index (Phi) is 4.29. The van der Waals surface area contributed by atoms with Crippen LogP contribution in [0.15, 0.2) is 137 Å². The lowest BCUT2D eigenvalue weighted by atomic mass is 10.0. The molecular weight excluding hydrogens is 548 g/mol. The number of rotatable bonds is 5. The number of ether oxygens (including phenoxy) is 1. The SMILES string of the molecule is [2H]c1c([2H])c([2H])c(-c2cnc(-n3c4ccccc4c4ccc(Oc5cccc(-c6coc7c8occ[n+]8[c-]n67)c5)cc43)cc2C)c([2H])c1[2H]. The molecule has 210 valence electrons. The average molecular weight is 578 g/mol.